The molecule has 3 aromatic rings. The summed E-state index contributed by atoms with van der Waals surface area (Å²) in [4.78, 5) is 39.0. The molecule has 0 fully saturated rings. The van der Waals surface area contributed by atoms with Crippen LogP contribution in [0.2, 0.25) is 10.0 Å². The summed E-state index contributed by atoms with van der Waals surface area (Å²) in [6.07, 6.45) is 0. The number of halogens is 2. The van der Waals surface area contributed by atoms with Crippen LogP contribution in [-0.4, -0.2) is 56.3 Å². The van der Waals surface area contributed by atoms with Crippen LogP contribution in [0.3, 0.4) is 0 Å². The number of benzene rings is 3. The highest BCUT2D eigenvalue weighted by atomic mass is 35.5. The minimum Gasteiger partial charge on any atom is -0.497 e. The summed E-state index contributed by atoms with van der Waals surface area (Å²) in [6, 6.07) is 13.3. The smallest absolute Gasteiger partial charge is 0.273 e. The first-order valence-electron chi connectivity index (χ1n) is 13.6. The van der Waals surface area contributed by atoms with Crippen molar-refractivity contribution in [3.8, 4) is 5.75 Å². The van der Waals surface area contributed by atoms with Crippen LogP contribution < -0.4 is 14.4 Å². The van der Waals surface area contributed by atoms with E-state index in [0.29, 0.717) is 22.9 Å². The molecule has 0 saturated heterocycles. The fourth-order valence-electron chi connectivity index (χ4n) is 4.22. The number of hydrogen-bond acceptors (Lipinski definition) is 7. The number of anilines is 1. The van der Waals surface area contributed by atoms with E-state index in [-0.39, 0.29) is 39.3 Å². The molecular weight excluding hydrogens is 631 g/mol. The van der Waals surface area contributed by atoms with E-state index < -0.39 is 39.3 Å². The molecule has 0 radical (unpaired) electrons. The maximum atomic E-state index is 14.0. The van der Waals surface area contributed by atoms with Gasteiger partial charge in [-0.2, -0.15) is 0 Å². The van der Waals surface area contributed by atoms with Crippen molar-refractivity contribution < 1.29 is 27.7 Å². The van der Waals surface area contributed by atoms with Crippen molar-refractivity contribution in [3.63, 3.8) is 0 Å². The Morgan fingerprint density at radius 3 is 2.23 bits per heavy atom. The van der Waals surface area contributed by atoms with Gasteiger partial charge in [0.15, 0.2) is 0 Å². The number of rotatable bonds is 13. The molecule has 0 aliphatic heterocycles. The van der Waals surface area contributed by atoms with Crippen LogP contribution in [0.4, 0.5) is 11.4 Å². The van der Waals surface area contributed by atoms with Crippen molar-refractivity contribution in [2.75, 3.05) is 24.5 Å². The highest BCUT2D eigenvalue weighted by Gasteiger charge is 2.33. The third kappa shape index (κ3) is 8.40. The van der Waals surface area contributed by atoms with E-state index in [9.17, 15) is 28.1 Å². The normalized spacial score (nSPS) is 12.0. The molecule has 44 heavy (non-hydrogen) atoms. The van der Waals surface area contributed by atoms with Crippen molar-refractivity contribution in [2.45, 2.75) is 45.2 Å². The lowest BCUT2D eigenvalue weighted by molar-refractivity contribution is -0.385. The first kappa shape index (κ1) is 34.6. The zero-order valence-electron chi connectivity index (χ0n) is 24.9. The Morgan fingerprint density at radius 2 is 1.66 bits per heavy atom. The third-order valence-electron chi connectivity index (χ3n) is 6.79. The largest absolute Gasteiger partial charge is 0.497 e. The number of sulfonamides is 1. The Kier molecular flexibility index (Phi) is 11.6. The number of hydrogen-bond donors (Lipinski definition) is 1. The van der Waals surface area contributed by atoms with Gasteiger partial charge < -0.3 is 15.0 Å². The van der Waals surface area contributed by atoms with Crippen LogP contribution >= 0.6 is 23.2 Å². The zero-order valence-corrected chi connectivity index (χ0v) is 27.2. The average Bonchev–Trinajstić information content (AvgIpc) is 2.98. The van der Waals surface area contributed by atoms with Crippen molar-refractivity contribution in [2.24, 2.45) is 5.92 Å². The molecule has 236 valence electrons. The van der Waals surface area contributed by atoms with Gasteiger partial charge in [-0.3, -0.25) is 24.0 Å². The van der Waals surface area contributed by atoms with Crippen molar-refractivity contribution in [1.29, 1.82) is 0 Å². The van der Waals surface area contributed by atoms with Gasteiger partial charge >= 0.3 is 0 Å². The lowest BCUT2D eigenvalue weighted by Gasteiger charge is -2.32. The van der Waals surface area contributed by atoms with Gasteiger partial charge in [0.05, 0.1) is 32.7 Å². The molecule has 0 aromatic heterocycles. The SMILES string of the molecule is COc1ccc(N(CC(=O)N(Cc2ccc(Cl)c(Cl)c2)[C@H](C)C(=O)NCC(C)C)S(=O)(=O)c2ccc(C)c([N+](=O)[O-])c2)cc1. The Bertz CT molecular complexity index is 1630. The standard InChI is InChI=1S/C30H34Cl2N4O7S/c1-19(2)16-33-30(38)21(4)34(17-22-7-13-26(31)27(32)14-22)29(37)18-35(23-8-10-24(43-5)11-9-23)44(41,42)25-12-6-20(3)28(15-25)36(39)40/h6-15,19,21H,16-18H2,1-5H3,(H,33,38)/t21-/m1/s1. The summed E-state index contributed by atoms with van der Waals surface area (Å²) in [5.74, 6) is -0.538. The van der Waals surface area contributed by atoms with Crippen LogP contribution in [0.1, 0.15) is 31.9 Å². The number of aryl methyl sites for hydroxylation is 1. The van der Waals surface area contributed by atoms with Crippen LogP contribution in [0.25, 0.3) is 0 Å². The number of nitrogens with zero attached hydrogens (tertiary/aromatic N) is 3. The second-order valence-electron chi connectivity index (χ2n) is 10.5. The minimum absolute atomic E-state index is 0.0848. The lowest BCUT2D eigenvalue weighted by Crippen LogP contribution is -2.51. The van der Waals surface area contributed by atoms with E-state index in [1.54, 1.807) is 25.1 Å². The van der Waals surface area contributed by atoms with Gasteiger partial charge in [0.25, 0.3) is 15.7 Å². The molecule has 0 saturated carbocycles. The van der Waals surface area contributed by atoms with E-state index in [2.05, 4.69) is 5.32 Å². The maximum absolute atomic E-state index is 14.0. The van der Waals surface area contributed by atoms with Crippen molar-refractivity contribution >= 4 is 56.4 Å². The number of amides is 2. The molecule has 0 aliphatic carbocycles. The monoisotopic (exact) mass is 664 g/mol. The molecule has 2 amide bonds. The molecule has 0 spiro atoms. The van der Waals surface area contributed by atoms with Gasteiger partial charge in [-0.25, -0.2) is 8.42 Å². The van der Waals surface area contributed by atoms with Crippen molar-refractivity contribution in [3.05, 3.63) is 92.0 Å². The Labute approximate surface area is 266 Å². The number of carbonyl (C=O) groups is 2. The Hall–Kier alpha value is -3.87. The van der Waals surface area contributed by atoms with Crippen LogP contribution in [-0.2, 0) is 26.2 Å². The van der Waals surface area contributed by atoms with E-state index in [4.69, 9.17) is 27.9 Å². The summed E-state index contributed by atoms with van der Waals surface area (Å²) in [5, 5.41) is 15.0. The predicted molar refractivity (Wildman–Crippen MR) is 170 cm³/mol. The quantitative estimate of drug-likeness (QED) is 0.185. The summed E-state index contributed by atoms with van der Waals surface area (Å²) < 4.78 is 34.1. The van der Waals surface area contributed by atoms with E-state index in [0.717, 1.165) is 10.4 Å². The molecule has 0 bridgehead atoms. The summed E-state index contributed by atoms with van der Waals surface area (Å²) in [7, 11) is -3.08. The second kappa shape index (κ2) is 14.7. The van der Waals surface area contributed by atoms with Gasteiger partial charge in [0.1, 0.15) is 18.3 Å². The zero-order chi connectivity index (χ0) is 32.8. The average molecular weight is 666 g/mol. The number of nitro benzene ring substituents is 1. The van der Waals surface area contributed by atoms with Crippen LogP contribution in [0, 0.1) is 23.0 Å². The van der Waals surface area contributed by atoms with Gasteiger partial charge in [-0.05, 0) is 67.8 Å². The van der Waals surface area contributed by atoms with Crippen LogP contribution in [0.5, 0.6) is 5.75 Å². The van der Waals surface area contributed by atoms with Crippen molar-refractivity contribution in [1.82, 2.24) is 10.2 Å². The molecule has 11 nitrogen and oxygen atoms in total. The number of carbonyl (C=O) groups excluding carboxylic acids is 2. The van der Waals surface area contributed by atoms with Gasteiger partial charge in [0.2, 0.25) is 11.8 Å². The van der Waals surface area contributed by atoms with E-state index in [1.807, 2.05) is 13.8 Å². The summed E-state index contributed by atoms with van der Waals surface area (Å²) >= 11 is 12.3. The number of methoxy groups -OCH3 is 1. The van der Waals surface area contributed by atoms with Gasteiger partial charge in [-0.15, -0.1) is 0 Å². The maximum Gasteiger partial charge on any atom is 0.273 e. The molecular formula is C30H34Cl2N4O7S. The predicted octanol–water partition coefficient (Wildman–Crippen LogP) is 5.60. The molecule has 14 heteroatoms. The highest BCUT2D eigenvalue weighted by molar-refractivity contribution is 7.92. The molecule has 3 aromatic carbocycles. The third-order valence-corrected chi connectivity index (χ3v) is 9.30. The molecule has 3 rings (SSSR count). The topological polar surface area (TPSA) is 139 Å². The molecule has 0 aliphatic rings. The lowest BCUT2D eigenvalue weighted by atomic mass is 10.1. The highest BCUT2D eigenvalue weighted by Crippen LogP contribution is 2.30. The fourth-order valence-corrected chi connectivity index (χ4v) is 5.98. The summed E-state index contributed by atoms with van der Waals surface area (Å²) in [6.45, 7) is 6.45. The Balaban J connectivity index is 2.09. The van der Waals surface area contributed by atoms with Gasteiger partial charge in [0, 0.05) is 24.7 Å². The first-order chi connectivity index (χ1) is 20.6. The number of nitro groups is 1. The molecule has 1 atom stereocenters. The van der Waals surface area contributed by atoms with Gasteiger partial charge in [-0.1, -0.05) is 49.2 Å². The van der Waals surface area contributed by atoms with E-state index >= 15 is 0 Å². The van der Waals surface area contributed by atoms with E-state index in [1.165, 1.54) is 55.3 Å². The molecule has 0 heterocycles. The molecule has 1 N–H and O–H groups in total. The number of nitrogens with one attached hydrogen (secondary N) is 1. The number of ether oxygens (including phenoxy) is 1. The Morgan fingerprint density at radius 1 is 1.00 bits per heavy atom. The second-order valence-corrected chi connectivity index (χ2v) is 13.2. The minimum atomic E-state index is -4.53. The summed E-state index contributed by atoms with van der Waals surface area (Å²) in [5.41, 5.74) is 0.553. The fraction of sp³-hybridized carbons (Fsp3) is 0.333. The first-order valence-corrected chi connectivity index (χ1v) is 15.8. The van der Waals surface area contributed by atoms with Crippen LogP contribution in [0.15, 0.2) is 65.6 Å². The molecule has 0 unspecified atom stereocenters.